The lowest BCUT2D eigenvalue weighted by Crippen LogP contribution is -2.40. The fraction of sp³-hybridized carbons (Fsp3) is 0.500. The van der Waals surface area contributed by atoms with Crippen LogP contribution in [0.15, 0.2) is 21.7 Å². The van der Waals surface area contributed by atoms with Crippen LogP contribution in [0.3, 0.4) is 0 Å². The molecule has 1 aliphatic rings. The summed E-state index contributed by atoms with van der Waals surface area (Å²) in [6.45, 7) is 0.574. The standard InChI is InChI=1S/C10H13NO4S2/c12-10(13)8-1-4-11(5-2-8)17(14,15)9-3-6-16-7-9/h3,6-8H,1-2,4-5H2,(H,12,13). The van der Waals surface area contributed by atoms with Crippen LogP contribution in [0.5, 0.6) is 0 Å². The first-order valence-corrected chi connectivity index (χ1v) is 7.65. The van der Waals surface area contributed by atoms with Crippen LogP contribution in [0.4, 0.5) is 0 Å². The second kappa shape index (κ2) is 4.75. The number of aliphatic carboxylic acids is 1. The van der Waals surface area contributed by atoms with Crippen LogP contribution in [-0.2, 0) is 14.8 Å². The molecule has 0 aliphatic carbocycles. The fourth-order valence-corrected chi connectivity index (χ4v) is 4.38. The highest BCUT2D eigenvalue weighted by Gasteiger charge is 2.31. The molecule has 1 aromatic rings. The van der Waals surface area contributed by atoms with Crippen molar-refractivity contribution in [3.05, 3.63) is 16.8 Å². The van der Waals surface area contributed by atoms with Gasteiger partial charge in [-0.1, -0.05) is 0 Å². The Hall–Kier alpha value is -0.920. The van der Waals surface area contributed by atoms with Crippen LogP contribution in [-0.4, -0.2) is 36.9 Å². The summed E-state index contributed by atoms with van der Waals surface area (Å²) in [5, 5.41) is 12.2. The van der Waals surface area contributed by atoms with Crippen molar-refractivity contribution in [2.75, 3.05) is 13.1 Å². The maximum Gasteiger partial charge on any atom is 0.306 e. The van der Waals surface area contributed by atoms with Gasteiger partial charge >= 0.3 is 5.97 Å². The lowest BCUT2D eigenvalue weighted by atomic mass is 9.99. The Kier molecular flexibility index (Phi) is 3.50. The van der Waals surface area contributed by atoms with Gasteiger partial charge in [-0.3, -0.25) is 4.79 Å². The molecule has 5 nitrogen and oxygen atoms in total. The molecule has 7 heteroatoms. The summed E-state index contributed by atoms with van der Waals surface area (Å²) in [4.78, 5) is 11.1. The van der Waals surface area contributed by atoms with E-state index in [0.29, 0.717) is 17.7 Å². The third-order valence-corrected chi connectivity index (χ3v) is 5.66. The number of nitrogens with zero attached hydrogens (tertiary/aromatic N) is 1. The first kappa shape index (κ1) is 12.5. The third kappa shape index (κ3) is 2.51. The van der Waals surface area contributed by atoms with Gasteiger partial charge < -0.3 is 5.11 Å². The summed E-state index contributed by atoms with van der Waals surface area (Å²) < 4.78 is 25.6. The van der Waals surface area contributed by atoms with Gasteiger partial charge in [-0.25, -0.2) is 8.42 Å². The third-order valence-electron chi connectivity index (χ3n) is 2.94. The van der Waals surface area contributed by atoms with Crippen LogP contribution in [0, 0.1) is 5.92 Å². The molecule has 1 aromatic heterocycles. The molecule has 2 rings (SSSR count). The van der Waals surface area contributed by atoms with Crippen LogP contribution < -0.4 is 0 Å². The highest BCUT2D eigenvalue weighted by Crippen LogP contribution is 2.24. The molecule has 94 valence electrons. The number of thiophene rings is 1. The number of carboxylic acid groups (broad SMARTS) is 1. The largest absolute Gasteiger partial charge is 0.481 e. The Morgan fingerprint density at radius 1 is 1.41 bits per heavy atom. The first-order chi connectivity index (χ1) is 8.01. The van der Waals surface area contributed by atoms with E-state index in [2.05, 4.69) is 0 Å². The smallest absolute Gasteiger partial charge is 0.306 e. The zero-order valence-electron chi connectivity index (χ0n) is 9.07. The van der Waals surface area contributed by atoms with Crippen LogP contribution in [0.25, 0.3) is 0 Å². The SMILES string of the molecule is O=C(O)C1CCN(S(=O)(=O)c2ccsc2)CC1. The molecule has 0 amide bonds. The van der Waals surface area contributed by atoms with Crippen molar-refractivity contribution in [1.29, 1.82) is 0 Å². The predicted molar refractivity (Wildman–Crippen MR) is 63.4 cm³/mol. The van der Waals surface area contributed by atoms with E-state index < -0.39 is 21.9 Å². The first-order valence-electron chi connectivity index (χ1n) is 5.27. The van der Waals surface area contributed by atoms with Crippen molar-refractivity contribution < 1.29 is 18.3 Å². The average molecular weight is 275 g/mol. The number of hydrogen-bond acceptors (Lipinski definition) is 4. The van der Waals surface area contributed by atoms with Crippen LogP contribution in [0.1, 0.15) is 12.8 Å². The lowest BCUT2D eigenvalue weighted by molar-refractivity contribution is -0.142. The Balaban J connectivity index is 2.09. The van der Waals surface area contributed by atoms with Gasteiger partial charge in [0.25, 0.3) is 0 Å². The molecule has 0 unspecified atom stereocenters. The molecule has 0 aromatic carbocycles. The minimum absolute atomic E-state index is 0.287. The van der Waals surface area contributed by atoms with E-state index in [0.717, 1.165) is 0 Å². The topological polar surface area (TPSA) is 74.7 Å². The number of carboxylic acids is 1. The highest BCUT2D eigenvalue weighted by atomic mass is 32.2. The number of carbonyl (C=O) groups is 1. The number of rotatable bonds is 3. The summed E-state index contributed by atoms with van der Waals surface area (Å²) in [6, 6.07) is 1.57. The molecule has 0 saturated carbocycles. The predicted octanol–water partition coefficient (Wildman–Crippen LogP) is 1.23. The van der Waals surface area contributed by atoms with E-state index in [9.17, 15) is 13.2 Å². The molecule has 17 heavy (non-hydrogen) atoms. The zero-order chi connectivity index (χ0) is 12.5. The Bertz CT molecular complexity index is 486. The van der Waals surface area contributed by atoms with E-state index in [-0.39, 0.29) is 13.1 Å². The van der Waals surface area contributed by atoms with Crippen LogP contribution in [0.2, 0.25) is 0 Å². The monoisotopic (exact) mass is 275 g/mol. The second-order valence-corrected chi connectivity index (χ2v) is 6.69. The van der Waals surface area contributed by atoms with Crippen molar-refractivity contribution in [1.82, 2.24) is 4.31 Å². The molecule has 0 atom stereocenters. The van der Waals surface area contributed by atoms with Gasteiger partial charge in [-0.05, 0) is 24.3 Å². The maximum atomic E-state index is 12.1. The van der Waals surface area contributed by atoms with Gasteiger partial charge in [0.1, 0.15) is 0 Å². The minimum Gasteiger partial charge on any atom is -0.481 e. The van der Waals surface area contributed by atoms with E-state index in [1.54, 1.807) is 16.8 Å². The molecular formula is C10H13NO4S2. The summed E-state index contributed by atoms with van der Waals surface area (Å²) in [5.41, 5.74) is 0. The summed E-state index contributed by atoms with van der Waals surface area (Å²) in [6.07, 6.45) is 0.775. The average Bonchev–Trinajstić information content (AvgIpc) is 2.83. The van der Waals surface area contributed by atoms with E-state index in [4.69, 9.17) is 5.11 Å². The Morgan fingerprint density at radius 3 is 2.53 bits per heavy atom. The molecule has 1 N–H and O–H groups in total. The van der Waals surface area contributed by atoms with Crippen molar-refractivity contribution in [3.8, 4) is 0 Å². The van der Waals surface area contributed by atoms with Crippen molar-refractivity contribution in [2.24, 2.45) is 5.92 Å². The van der Waals surface area contributed by atoms with Gasteiger partial charge in [0.2, 0.25) is 10.0 Å². The number of hydrogen-bond donors (Lipinski definition) is 1. The fourth-order valence-electron chi connectivity index (χ4n) is 1.89. The minimum atomic E-state index is -3.42. The van der Waals surface area contributed by atoms with Gasteiger partial charge in [-0.2, -0.15) is 15.6 Å². The normalized spacial score (nSPS) is 19.3. The number of piperidine rings is 1. The molecule has 1 fully saturated rings. The van der Waals surface area contributed by atoms with Crippen molar-refractivity contribution in [3.63, 3.8) is 0 Å². The van der Waals surface area contributed by atoms with E-state index in [1.807, 2.05) is 0 Å². The molecule has 1 saturated heterocycles. The van der Waals surface area contributed by atoms with Gasteiger partial charge in [0, 0.05) is 18.5 Å². The highest BCUT2D eigenvalue weighted by molar-refractivity contribution is 7.89. The quantitative estimate of drug-likeness (QED) is 0.900. The lowest BCUT2D eigenvalue weighted by Gasteiger charge is -2.28. The van der Waals surface area contributed by atoms with Crippen LogP contribution >= 0.6 is 11.3 Å². The molecule has 0 radical (unpaired) electrons. The van der Waals surface area contributed by atoms with Gasteiger partial charge in [0.15, 0.2) is 0 Å². The van der Waals surface area contributed by atoms with E-state index in [1.165, 1.54) is 15.6 Å². The summed E-state index contributed by atoms with van der Waals surface area (Å²) >= 11 is 1.34. The molecule has 0 spiro atoms. The number of sulfonamides is 1. The maximum absolute atomic E-state index is 12.1. The van der Waals surface area contributed by atoms with Gasteiger partial charge in [-0.15, -0.1) is 0 Å². The van der Waals surface area contributed by atoms with Crippen molar-refractivity contribution >= 4 is 27.3 Å². The molecule has 1 aliphatic heterocycles. The summed E-state index contributed by atoms with van der Waals surface area (Å²) in [7, 11) is -3.42. The van der Waals surface area contributed by atoms with Crippen molar-refractivity contribution in [2.45, 2.75) is 17.7 Å². The molecular weight excluding hydrogens is 262 g/mol. The Labute approximate surface area is 104 Å². The zero-order valence-corrected chi connectivity index (χ0v) is 10.7. The van der Waals surface area contributed by atoms with Gasteiger partial charge in [0.05, 0.1) is 10.8 Å². The molecule has 2 heterocycles. The van der Waals surface area contributed by atoms with E-state index >= 15 is 0 Å². The summed E-state index contributed by atoms with van der Waals surface area (Å²) in [5.74, 6) is -1.25. The Morgan fingerprint density at radius 2 is 2.06 bits per heavy atom. The molecule has 0 bridgehead atoms. The second-order valence-electron chi connectivity index (χ2n) is 3.98.